The minimum absolute atomic E-state index is 0.116. The van der Waals surface area contributed by atoms with E-state index in [0.717, 1.165) is 17.4 Å². The summed E-state index contributed by atoms with van der Waals surface area (Å²) in [6.07, 6.45) is -4.19. The Morgan fingerprint density at radius 1 is 1.48 bits per heavy atom. The summed E-state index contributed by atoms with van der Waals surface area (Å²) in [6.45, 7) is 3.75. The van der Waals surface area contributed by atoms with Crippen LogP contribution in [0.1, 0.15) is 35.7 Å². The lowest BCUT2D eigenvalue weighted by Gasteiger charge is -2.06. The number of alkyl halides is 3. The molecule has 0 bridgehead atoms. The first-order chi connectivity index (χ1) is 9.68. The van der Waals surface area contributed by atoms with Crippen LogP contribution in [0.4, 0.5) is 13.2 Å². The maximum absolute atomic E-state index is 13.0. The second kappa shape index (κ2) is 5.47. The van der Waals surface area contributed by atoms with Gasteiger partial charge in [-0.15, -0.1) is 11.3 Å². The Balaban J connectivity index is 2.49. The molecule has 0 atom stereocenters. The molecule has 0 aliphatic carbocycles. The first-order valence-electron chi connectivity index (χ1n) is 6.04. The zero-order chi connectivity index (χ0) is 15.8. The standard InChI is InChI=1S/C12H12F3N3O2S/c1-6(2)3-7-4-9(12(13,14)15)18(17-7)11-16-8(5-21-11)10(19)20/h4-6H,3H2,1-2H3,(H,19,20). The summed E-state index contributed by atoms with van der Waals surface area (Å²) in [5.41, 5.74) is -0.960. The van der Waals surface area contributed by atoms with Gasteiger partial charge in [0.25, 0.3) is 0 Å². The molecule has 2 heterocycles. The number of aromatic carboxylic acids is 1. The van der Waals surface area contributed by atoms with E-state index in [1.807, 2.05) is 13.8 Å². The van der Waals surface area contributed by atoms with E-state index in [2.05, 4.69) is 10.1 Å². The molecule has 1 N–H and O–H groups in total. The molecule has 0 aliphatic rings. The van der Waals surface area contributed by atoms with Crippen molar-refractivity contribution in [2.24, 2.45) is 5.92 Å². The zero-order valence-corrected chi connectivity index (χ0v) is 12.0. The van der Waals surface area contributed by atoms with E-state index >= 15 is 0 Å². The summed E-state index contributed by atoms with van der Waals surface area (Å²) >= 11 is 0.802. The molecular weight excluding hydrogens is 307 g/mol. The second-order valence-electron chi connectivity index (χ2n) is 4.85. The van der Waals surface area contributed by atoms with Gasteiger partial charge in [-0.25, -0.2) is 14.5 Å². The van der Waals surface area contributed by atoms with Crippen LogP contribution in [0.5, 0.6) is 0 Å². The number of aromatic nitrogens is 3. The highest BCUT2D eigenvalue weighted by molar-refractivity contribution is 7.12. The van der Waals surface area contributed by atoms with Crippen LogP contribution in [0.2, 0.25) is 0 Å². The van der Waals surface area contributed by atoms with Gasteiger partial charge in [-0.3, -0.25) is 0 Å². The monoisotopic (exact) mass is 319 g/mol. The largest absolute Gasteiger partial charge is 0.476 e. The Kier molecular flexibility index (Phi) is 4.04. The number of halogens is 3. The van der Waals surface area contributed by atoms with Gasteiger partial charge < -0.3 is 5.11 Å². The lowest BCUT2D eigenvalue weighted by molar-refractivity contribution is -0.142. The number of hydrogen-bond acceptors (Lipinski definition) is 4. The number of rotatable bonds is 4. The topological polar surface area (TPSA) is 68.0 Å². The molecule has 2 rings (SSSR count). The number of hydrogen-bond donors (Lipinski definition) is 1. The summed E-state index contributed by atoms with van der Waals surface area (Å²) in [4.78, 5) is 14.4. The maximum atomic E-state index is 13.0. The molecule has 2 aromatic rings. The summed E-state index contributed by atoms with van der Waals surface area (Å²) < 4.78 is 39.8. The Hall–Kier alpha value is -1.90. The van der Waals surface area contributed by atoms with Crippen molar-refractivity contribution in [3.8, 4) is 5.13 Å². The van der Waals surface area contributed by atoms with Crippen molar-refractivity contribution in [2.45, 2.75) is 26.4 Å². The van der Waals surface area contributed by atoms with Crippen LogP contribution < -0.4 is 0 Å². The average molecular weight is 319 g/mol. The van der Waals surface area contributed by atoms with Gasteiger partial charge in [0, 0.05) is 5.38 Å². The molecule has 2 aromatic heterocycles. The summed E-state index contributed by atoms with van der Waals surface area (Å²) in [7, 11) is 0. The summed E-state index contributed by atoms with van der Waals surface area (Å²) in [5, 5.41) is 13.8. The molecule has 0 radical (unpaired) electrons. The molecule has 0 saturated heterocycles. The first-order valence-corrected chi connectivity index (χ1v) is 6.91. The number of nitrogens with zero attached hydrogens (tertiary/aromatic N) is 3. The number of carbonyl (C=O) groups is 1. The molecule has 0 spiro atoms. The zero-order valence-electron chi connectivity index (χ0n) is 11.2. The van der Waals surface area contributed by atoms with E-state index in [4.69, 9.17) is 5.11 Å². The Labute approximate surface area is 122 Å². The molecule has 0 amide bonds. The quantitative estimate of drug-likeness (QED) is 0.939. The van der Waals surface area contributed by atoms with E-state index in [1.165, 1.54) is 5.38 Å². The molecule has 0 aliphatic heterocycles. The van der Waals surface area contributed by atoms with Gasteiger partial charge in [-0.1, -0.05) is 13.8 Å². The lowest BCUT2D eigenvalue weighted by atomic mass is 10.1. The average Bonchev–Trinajstić information content (AvgIpc) is 2.91. The summed E-state index contributed by atoms with van der Waals surface area (Å²) in [6, 6.07) is 0.974. The number of carboxylic acids is 1. The van der Waals surface area contributed by atoms with E-state index in [9.17, 15) is 18.0 Å². The SMILES string of the molecule is CC(C)Cc1cc(C(F)(F)F)n(-c2nc(C(=O)O)cs2)n1. The second-order valence-corrected chi connectivity index (χ2v) is 5.69. The van der Waals surface area contributed by atoms with Crippen LogP contribution in [0.3, 0.4) is 0 Å². The minimum atomic E-state index is -4.59. The fourth-order valence-corrected chi connectivity index (χ4v) is 2.52. The highest BCUT2D eigenvalue weighted by Crippen LogP contribution is 2.32. The molecule has 9 heteroatoms. The van der Waals surface area contributed by atoms with Crippen LogP contribution in [0.25, 0.3) is 5.13 Å². The van der Waals surface area contributed by atoms with Crippen molar-refractivity contribution in [3.05, 3.63) is 28.5 Å². The third-order valence-corrected chi connectivity index (χ3v) is 3.38. The van der Waals surface area contributed by atoms with Crippen LogP contribution >= 0.6 is 11.3 Å². The first kappa shape index (κ1) is 15.5. The van der Waals surface area contributed by atoms with Crippen molar-refractivity contribution < 1.29 is 23.1 Å². The van der Waals surface area contributed by atoms with Crippen molar-refractivity contribution in [3.63, 3.8) is 0 Å². The van der Waals surface area contributed by atoms with Crippen molar-refractivity contribution in [1.29, 1.82) is 0 Å². The predicted molar refractivity (Wildman–Crippen MR) is 69.7 cm³/mol. The van der Waals surface area contributed by atoms with E-state index < -0.39 is 17.8 Å². The van der Waals surface area contributed by atoms with E-state index in [-0.39, 0.29) is 16.7 Å². The third-order valence-electron chi connectivity index (χ3n) is 2.56. The highest BCUT2D eigenvalue weighted by atomic mass is 32.1. The van der Waals surface area contributed by atoms with Gasteiger partial charge >= 0.3 is 12.1 Å². The molecule has 0 saturated carbocycles. The summed E-state index contributed by atoms with van der Waals surface area (Å²) in [5.74, 6) is -1.14. The van der Waals surface area contributed by atoms with Gasteiger partial charge in [-0.2, -0.15) is 18.3 Å². The van der Waals surface area contributed by atoms with Crippen LogP contribution in [0, 0.1) is 5.92 Å². The van der Waals surface area contributed by atoms with Crippen LogP contribution in [-0.4, -0.2) is 25.8 Å². The van der Waals surface area contributed by atoms with Gasteiger partial charge in [0.15, 0.2) is 11.4 Å². The molecular formula is C12H12F3N3O2S. The normalized spacial score (nSPS) is 12.1. The number of thiazole rings is 1. The minimum Gasteiger partial charge on any atom is -0.476 e. The van der Waals surface area contributed by atoms with Crippen LogP contribution in [-0.2, 0) is 12.6 Å². The van der Waals surface area contributed by atoms with Gasteiger partial charge in [0.05, 0.1) is 5.69 Å². The maximum Gasteiger partial charge on any atom is 0.433 e. The van der Waals surface area contributed by atoms with Crippen LogP contribution in [0.15, 0.2) is 11.4 Å². The molecule has 0 unspecified atom stereocenters. The van der Waals surface area contributed by atoms with E-state index in [0.29, 0.717) is 16.8 Å². The Morgan fingerprint density at radius 3 is 2.62 bits per heavy atom. The van der Waals surface area contributed by atoms with Gasteiger partial charge in [-0.05, 0) is 18.4 Å². The number of carboxylic acid groups (broad SMARTS) is 1. The van der Waals surface area contributed by atoms with Crippen molar-refractivity contribution in [1.82, 2.24) is 14.8 Å². The van der Waals surface area contributed by atoms with Gasteiger partial charge in [0.2, 0.25) is 5.13 Å². The fraction of sp³-hybridized carbons (Fsp3) is 0.417. The Bertz CT molecular complexity index is 661. The molecule has 5 nitrogen and oxygen atoms in total. The van der Waals surface area contributed by atoms with Crippen molar-refractivity contribution in [2.75, 3.05) is 0 Å². The third kappa shape index (κ3) is 3.41. The lowest BCUT2D eigenvalue weighted by Crippen LogP contribution is -2.13. The van der Waals surface area contributed by atoms with E-state index in [1.54, 1.807) is 0 Å². The van der Waals surface area contributed by atoms with Crippen molar-refractivity contribution >= 4 is 17.3 Å². The molecule has 0 aromatic carbocycles. The molecule has 21 heavy (non-hydrogen) atoms. The molecule has 114 valence electrons. The Morgan fingerprint density at radius 2 is 2.14 bits per heavy atom. The smallest absolute Gasteiger partial charge is 0.433 e. The predicted octanol–water partition coefficient (Wildman–Crippen LogP) is 3.24. The molecule has 0 fully saturated rings. The van der Waals surface area contributed by atoms with Gasteiger partial charge in [0.1, 0.15) is 0 Å². The fourth-order valence-electron chi connectivity index (χ4n) is 1.76. The highest BCUT2D eigenvalue weighted by Gasteiger charge is 2.37.